The van der Waals surface area contributed by atoms with E-state index in [-0.39, 0.29) is 38.3 Å². The van der Waals surface area contributed by atoms with Gasteiger partial charge in [-0.3, -0.25) is 9.59 Å². The molecule has 1 N–H and O–H groups in total. The van der Waals surface area contributed by atoms with E-state index in [1.165, 1.54) is 30.3 Å². The number of carbonyl (C=O) groups excluding carboxylic acids is 2. The van der Waals surface area contributed by atoms with Crippen molar-refractivity contribution in [2.45, 2.75) is 22.8 Å². The van der Waals surface area contributed by atoms with Crippen LogP contribution in [0.4, 0.5) is 0 Å². The van der Waals surface area contributed by atoms with Gasteiger partial charge in [0.05, 0.1) is 15.8 Å². The van der Waals surface area contributed by atoms with Crippen LogP contribution in [0.25, 0.3) is 10.8 Å². The average molecular weight is 442 g/mol. The minimum absolute atomic E-state index is 0.0285. The van der Waals surface area contributed by atoms with Crippen molar-refractivity contribution in [2.75, 3.05) is 0 Å². The van der Waals surface area contributed by atoms with Gasteiger partial charge >= 0.3 is 0 Å². The van der Waals surface area contributed by atoms with Crippen LogP contribution >= 0.6 is 0 Å². The monoisotopic (exact) mass is 441 g/mol. The summed E-state index contributed by atoms with van der Waals surface area (Å²) in [5.74, 6) is -0.767. The topological polar surface area (TPSA) is 80.3 Å². The zero-order valence-corrected chi connectivity index (χ0v) is 18.0. The number of ketones is 1. The number of fused-ring (bicyclic) bond motifs is 3. The van der Waals surface area contributed by atoms with Crippen LogP contribution < -0.4 is 5.32 Å². The van der Waals surface area contributed by atoms with Gasteiger partial charge in [-0.05, 0) is 53.6 Å². The molecule has 5 rings (SSSR count). The maximum atomic E-state index is 13.1. The Labute approximate surface area is 185 Å². The normalized spacial score (nSPS) is 15.0. The molecule has 1 unspecified atom stereocenters. The quantitative estimate of drug-likeness (QED) is 0.440. The van der Waals surface area contributed by atoms with Gasteiger partial charge in [-0.1, -0.05) is 54.6 Å². The SMILES string of the molecule is CC(NC(=O)c1ccc2c(c1)S(=O)(=O)c1ccccc1C2=O)c1cccc2ccccc12. The molecule has 1 aliphatic heterocycles. The van der Waals surface area contributed by atoms with Crippen LogP contribution in [-0.2, 0) is 9.84 Å². The number of amides is 1. The number of rotatable bonds is 3. The third-order valence-corrected chi connectivity index (χ3v) is 7.69. The van der Waals surface area contributed by atoms with Crippen molar-refractivity contribution < 1.29 is 18.0 Å². The molecule has 0 aromatic heterocycles. The van der Waals surface area contributed by atoms with Crippen molar-refractivity contribution in [3.63, 3.8) is 0 Å². The Bertz CT molecular complexity index is 1520. The van der Waals surface area contributed by atoms with Gasteiger partial charge in [-0.15, -0.1) is 0 Å². The maximum Gasteiger partial charge on any atom is 0.251 e. The van der Waals surface area contributed by atoms with Crippen molar-refractivity contribution >= 4 is 32.3 Å². The molecule has 0 fully saturated rings. The van der Waals surface area contributed by atoms with E-state index in [1.807, 2.05) is 49.4 Å². The highest BCUT2D eigenvalue weighted by molar-refractivity contribution is 7.91. The van der Waals surface area contributed by atoms with Crippen LogP contribution in [0.1, 0.15) is 44.8 Å². The van der Waals surface area contributed by atoms with Crippen molar-refractivity contribution in [1.82, 2.24) is 5.32 Å². The summed E-state index contributed by atoms with van der Waals surface area (Å²) in [6.07, 6.45) is 0. The first kappa shape index (κ1) is 20.2. The Morgan fingerprint density at radius 2 is 1.50 bits per heavy atom. The second-order valence-corrected chi connectivity index (χ2v) is 9.69. The fraction of sp³-hybridized carbons (Fsp3) is 0.0769. The molecular weight excluding hydrogens is 422 g/mol. The summed E-state index contributed by atoms with van der Waals surface area (Å²) in [7, 11) is -3.90. The number of sulfone groups is 1. The van der Waals surface area contributed by atoms with Crippen molar-refractivity contribution in [1.29, 1.82) is 0 Å². The molecule has 32 heavy (non-hydrogen) atoms. The summed E-state index contributed by atoms with van der Waals surface area (Å²) in [4.78, 5) is 25.6. The van der Waals surface area contributed by atoms with Gasteiger partial charge in [0.25, 0.3) is 5.91 Å². The van der Waals surface area contributed by atoms with Crippen molar-refractivity contribution in [3.05, 3.63) is 107 Å². The van der Waals surface area contributed by atoms with E-state index in [9.17, 15) is 18.0 Å². The lowest BCUT2D eigenvalue weighted by molar-refractivity contribution is 0.0938. The van der Waals surface area contributed by atoms with E-state index in [4.69, 9.17) is 0 Å². The molecule has 1 amide bonds. The molecule has 0 spiro atoms. The molecule has 0 saturated heterocycles. The summed E-state index contributed by atoms with van der Waals surface area (Å²) in [6, 6.07) is 23.9. The Morgan fingerprint density at radius 1 is 0.812 bits per heavy atom. The van der Waals surface area contributed by atoms with Crippen molar-refractivity contribution in [3.8, 4) is 0 Å². The van der Waals surface area contributed by atoms with Gasteiger partial charge in [-0.25, -0.2) is 8.42 Å². The molecule has 5 nitrogen and oxygen atoms in total. The van der Waals surface area contributed by atoms with Crippen LogP contribution in [0.5, 0.6) is 0 Å². The summed E-state index contributed by atoms with van der Waals surface area (Å²) in [5.41, 5.74) is 1.39. The van der Waals surface area contributed by atoms with E-state index in [1.54, 1.807) is 12.1 Å². The Morgan fingerprint density at radius 3 is 2.34 bits per heavy atom. The van der Waals surface area contributed by atoms with Gasteiger partial charge in [-0.2, -0.15) is 0 Å². The number of nitrogens with one attached hydrogen (secondary N) is 1. The van der Waals surface area contributed by atoms with Crippen LogP contribution in [-0.4, -0.2) is 20.1 Å². The predicted octanol–water partition coefficient (Wildman–Crippen LogP) is 4.71. The van der Waals surface area contributed by atoms with Crippen LogP contribution in [0, 0.1) is 0 Å². The summed E-state index contributed by atoms with van der Waals surface area (Å²) >= 11 is 0. The van der Waals surface area contributed by atoms with E-state index in [0.717, 1.165) is 16.3 Å². The first-order valence-corrected chi connectivity index (χ1v) is 11.7. The predicted molar refractivity (Wildman–Crippen MR) is 122 cm³/mol. The second-order valence-electron chi connectivity index (χ2n) is 7.80. The fourth-order valence-electron chi connectivity index (χ4n) is 4.21. The number of hydrogen-bond acceptors (Lipinski definition) is 4. The fourth-order valence-corrected chi connectivity index (χ4v) is 5.89. The highest BCUT2D eigenvalue weighted by Gasteiger charge is 2.35. The molecule has 0 saturated carbocycles. The van der Waals surface area contributed by atoms with Gasteiger partial charge in [0.2, 0.25) is 9.84 Å². The lowest BCUT2D eigenvalue weighted by atomic mass is 9.99. The number of hydrogen-bond donors (Lipinski definition) is 1. The lowest BCUT2D eigenvalue weighted by Crippen LogP contribution is -2.28. The molecule has 0 radical (unpaired) electrons. The number of carbonyl (C=O) groups is 2. The third kappa shape index (κ3) is 3.11. The minimum Gasteiger partial charge on any atom is -0.345 e. The molecule has 1 heterocycles. The summed E-state index contributed by atoms with van der Waals surface area (Å²) < 4.78 is 26.2. The van der Waals surface area contributed by atoms with Gasteiger partial charge in [0.1, 0.15) is 0 Å². The Kier molecular flexibility index (Phi) is 4.68. The average Bonchev–Trinajstić information content (AvgIpc) is 2.82. The van der Waals surface area contributed by atoms with Crippen LogP contribution in [0.3, 0.4) is 0 Å². The summed E-state index contributed by atoms with van der Waals surface area (Å²) in [6.45, 7) is 1.88. The standard InChI is InChI=1S/C26H19NO4S/c1-16(19-11-6-8-17-7-2-3-9-20(17)19)27-26(29)18-13-14-22-24(15-18)32(30,31)23-12-5-4-10-21(23)25(22)28/h2-16H,1H3,(H,27,29). The molecule has 6 heteroatoms. The van der Waals surface area contributed by atoms with Crippen LogP contribution in [0.2, 0.25) is 0 Å². The van der Waals surface area contributed by atoms with E-state index >= 15 is 0 Å². The maximum absolute atomic E-state index is 13.1. The highest BCUT2D eigenvalue weighted by atomic mass is 32.2. The largest absolute Gasteiger partial charge is 0.345 e. The Hall–Kier alpha value is -3.77. The first-order valence-electron chi connectivity index (χ1n) is 10.2. The molecule has 4 aromatic carbocycles. The lowest BCUT2D eigenvalue weighted by Gasteiger charge is -2.20. The molecular formula is C26H19NO4S. The zero-order chi connectivity index (χ0) is 22.5. The molecule has 1 atom stereocenters. The highest BCUT2D eigenvalue weighted by Crippen LogP contribution is 2.35. The van der Waals surface area contributed by atoms with E-state index < -0.39 is 15.7 Å². The van der Waals surface area contributed by atoms with Gasteiger partial charge in [0.15, 0.2) is 5.78 Å². The van der Waals surface area contributed by atoms with Gasteiger partial charge in [0, 0.05) is 16.7 Å². The van der Waals surface area contributed by atoms with E-state index in [0.29, 0.717) is 0 Å². The second kappa shape index (κ2) is 7.43. The minimum atomic E-state index is -3.90. The number of benzene rings is 4. The van der Waals surface area contributed by atoms with Gasteiger partial charge < -0.3 is 5.32 Å². The molecule has 1 aliphatic rings. The molecule has 0 aliphatic carbocycles. The van der Waals surface area contributed by atoms with E-state index in [2.05, 4.69) is 5.32 Å². The third-order valence-electron chi connectivity index (χ3n) is 5.84. The first-order chi connectivity index (χ1) is 15.4. The smallest absolute Gasteiger partial charge is 0.251 e. The van der Waals surface area contributed by atoms with Crippen LogP contribution in [0.15, 0.2) is 94.7 Å². The summed E-state index contributed by atoms with van der Waals surface area (Å²) in [5, 5.41) is 5.06. The molecule has 0 bridgehead atoms. The Balaban J connectivity index is 1.50. The molecule has 158 valence electrons. The van der Waals surface area contributed by atoms with Crippen molar-refractivity contribution in [2.24, 2.45) is 0 Å². The zero-order valence-electron chi connectivity index (χ0n) is 17.2. The molecule has 4 aromatic rings.